The van der Waals surface area contributed by atoms with Crippen LogP contribution in [-0.2, 0) is 0 Å². The second-order valence-electron chi connectivity index (χ2n) is 5.45. The molecular weight excluding hydrogens is 309 g/mol. The summed E-state index contributed by atoms with van der Waals surface area (Å²) in [5, 5.41) is 11.0. The molecule has 3 rings (SSSR count). The molecular formula is C17H16FN5O. The fourth-order valence-electron chi connectivity index (χ4n) is 2.41. The zero-order valence-corrected chi connectivity index (χ0v) is 13.3. The summed E-state index contributed by atoms with van der Waals surface area (Å²) < 4.78 is 14.5. The lowest BCUT2D eigenvalue weighted by atomic mass is 10.1. The van der Waals surface area contributed by atoms with Crippen LogP contribution in [0.4, 0.5) is 4.39 Å². The van der Waals surface area contributed by atoms with E-state index >= 15 is 0 Å². The van der Waals surface area contributed by atoms with E-state index in [0.29, 0.717) is 11.3 Å². The van der Waals surface area contributed by atoms with Crippen molar-refractivity contribution in [3.8, 4) is 5.69 Å². The number of carbonyl (C=O) groups is 1. The molecule has 0 bridgehead atoms. The summed E-state index contributed by atoms with van der Waals surface area (Å²) in [5.74, 6) is -0.434. The van der Waals surface area contributed by atoms with E-state index in [1.54, 1.807) is 42.3 Å². The molecule has 0 aliphatic rings. The van der Waals surface area contributed by atoms with Gasteiger partial charge in [0, 0.05) is 12.6 Å². The van der Waals surface area contributed by atoms with E-state index < -0.39 is 0 Å². The summed E-state index contributed by atoms with van der Waals surface area (Å²) in [6.07, 6.45) is 1.47. The maximum absolute atomic E-state index is 13.1. The molecule has 1 heterocycles. The van der Waals surface area contributed by atoms with E-state index in [-0.39, 0.29) is 17.8 Å². The number of hydrogen-bond acceptors (Lipinski definition) is 4. The highest BCUT2D eigenvalue weighted by Crippen LogP contribution is 2.21. The predicted octanol–water partition coefficient (Wildman–Crippen LogP) is 2.63. The topological polar surface area (TPSA) is 63.9 Å². The van der Waals surface area contributed by atoms with Crippen LogP contribution in [0.25, 0.3) is 5.69 Å². The molecule has 122 valence electrons. The molecule has 0 aliphatic heterocycles. The van der Waals surface area contributed by atoms with Crippen molar-refractivity contribution in [2.75, 3.05) is 7.05 Å². The molecule has 1 atom stereocenters. The Balaban J connectivity index is 1.83. The molecule has 0 saturated carbocycles. The summed E-state index contributed by atoms with van der Waals surface area (Å²) in [5.41, 5.74) is 2.09. The van der Waals surface area contributed by atoms with E-state index in [2.05, 4.69) is 15.5 Å². The predicted molar refractivity (Wildman–Crippen MR) is 86.1 cm³/mol. The number of nitrogens with zero attached hydrogens (tertiary/aromatic N) is 5. The van der Waals surface area contributed by atoms with Crippen molar-refractivity contribution in [1.82, 2.24) is 25.1 Å². The average molecular weight is 325 g/mol. The van der Waals surface area contributed by atoms with Gasteiger partial charge in [-0.05, 0) is 53.2 Å². The van der Waals surface area contributed by atoms with Gasteiger partial charge in [0.25, 0.3) is 5.91 Å². The second kappa shape index (κ2) is 6.57. The summed E-state index contributed by atoms with van der Waals surface area (Å²) in [4.78, 5) is 14.4. The number of aromatic nitrogens is 4. The van der Waals surface area contributed by atoms with Gasteiger partial charge in [-0.3, -0.25) is 4.79 Å². The van der Waals surface area contributed by atoms with Gasteiger partial charge in [0.1, 0.15) is 12.1 Å². The third-order valence-electron chi connectivity index (χ3n) is 3.96. The van der Waals surface area contributed by atoms with Crippen molar-refractivity contribution in [2.45, 2.75) is 13.0 Å². The van der Waals surface area contributed by atoms with Gasteiger partial charge >= 0.3 is 0 Å². The molecule has 6 nitrogen and oxygen atoms in total. The molecule has 24 heavy (non-hydrogen) atoms. The van der Waals surface area contributed by atoms with Crippen molar-refractivity contribution < 1.29 is 9.18 Å². The van der Waals surface area contributed by atoms with E-state index in [1.807, 2.05) is 13.0 Å². The van der Waals surface area contributed by atoms with Gasteiger partial charge in [0.15, 0.2) is 0 Å². The third kappa shape index (κ3) is 3.15. The number of carbonyl (C=O) groups excluding carboxylic acids is 1. The van der Waals surface area contributed by atoms with Crippen molar-refractivity contribution in [1.29, 1.82) is 0 Å². The Kier molecular flexibility index (Phi) is 4.33. The highest BCUT2D eigenvalue weighted by Gasteiger charge is 2.19. The molecule has 0 radical (unpaired) electrons. The van der Waals surface area contributed by atoms with Crippen molar-refractivity contribution in [2.24, 2.45) is 0 Å². The van der Waals surface area contributed by atoms with Crippen LogP contribution < -0.4 is 0 Å². The Morgan fingerprint density at radius 3 is 2.62 bits per heavy atom. The largest absolute Gasteiger partial charge is 0.335 e. The number of amides is 1. The van der Waals surface area contributed by atoms with Gasteiger partial charge < -0.3 is 4.90 Å². The van der Waals surface area contributed by atoms with Gasteiger partial charge in [-0.2, -0.15) is 0 Å². The van der Waals surface area contributed by atoms with Gasteiger partial charge in [0.2, 0.25) is 0 Å². The third-order valence-corrected chi connectivity index (χ3v) is 3.96. The van der Waals surface area contributed by atoms with Crippen LogP contribution in [0.5, 0.6) is 0 Å². The Morgan fingerprint density at radius 2 is 1.96 bits per heavy atom. The normalized spacial score (nSPS) is 12.0. The van der Waals surface area contributed by atoms with E-state index in [0.717, 1.165) is 5.56 Å². The van der Waals surface area contributed by atoms with Crippen LogP contribution >= 0.6 is 0 Å². The van der Waals surface area contributed by atoms with Gasteiger partial charge in [-0.25, -0.2) is 9.07 Å². The van der Waals surface area contributed by atoms with E-state index in [9.17, 15) is 9.18 Å². The standard InChI is InChI=1S/C17H16FN5O/c1-12(13-6-8-15(18)9-7-13)22(2)17(24)14-4-3-5-16(10-14)23-11-19-20-21-23/h3-12H,1-2H3. The lowest BCUT2D eigenvalue weighted by Gasteiger charge is -2.25. The zero-order chi connectivity index (χ0) is 17.1. The highest BCUT2D eigenvalue weighted by molar-refractivity contribution is 5.94. The molecule has 0 spiro atoms. The second-order valence-corrected chi connectivity index (χ2v) is 5.45. The summed E-state index contributed by atoms with van der Waals surface area (Å²) in [7, 11) is 1.72. The van der Waals surface area contributed by atoms with Crippen LogP contribution in [0.2, 0.25) is 0 Å². The van der Waals surface area contributed by atoms with Crippen LogP contribution in [0.1, 0.15) is 28.9 Å². The first-order chi connectivity index (χ1) is 11.6. The molecule has 1 amide bonds. The minimum atomic E-state index is -0.297. The van der Waals surface area contributed by atoms with Crippen LogP contribution in [0, 0.1) is 5.82 Å². The van der Waals surface area contributed by atoms with E-state index in [1.165, 1.54) is 23.1 Å². The maximum atomic E-state index is 13.1. The Bertz CT molecular complexity index is 832. The summed E-state index contributed by atoms with van der Waals surface area (Å²) in [6.45, 7) is 1.90. The monoisotopic (exact) mass is 325 g/mol. The van der Waals surface area contributed by atoms with Crippen LogP contribution in [0.15, 0.2) is 54.9 Å². The maximum Gasteiger partial charge on any atom is 0.254 e. The molecule has 0 N–H and O–H groups in total. The van der Waals surface area contributed by atoms with Gasteiger partial charge in [-0.1, -0.05) is 18.2 Å². The molecule has 3 aromatic rings. The average Bonchev–Trinajstić information content (AvgIpc) is 3.15. The smallest absolute Gasteiger partial charge is 0.254 e. The van der Waals surface area contributed by atoms with Gasteiger partial charge in [-0.15, -0.1) is 5.10 Å². The number of hydrogen-bond donors (Lipinski definition) is 0. The minimum absolute atomic E-state index is 0.137. The fourth-order valence-corrected chi connectivity index (χ4v) is 2.41. The lowest BCUT2D eigenvalue weighted by molar-refractivity contribution is 0.0742. The number of rotatable bonds is 4. The first-order valence-corrected chi connectivity index (χ1v) is 7.42. The SMILES string of the molecule is CC(c1ccc(F)cc1)N(C)C(=O)c1cccc(-n2cnnn2)c1. The number of benzene rings is 2. The van der Waals surface area contributed by atoms with Crippen molar-refractivity contribution in [3.05, 3.63) is 71.8 Å². The molecule has 7 heteroatoms. The number of halogens is 1. The fraction of sp³-hybridized carbons (Fsp3) is 0.176. The first kappa shape index (κ1) is 15.8. The van der Waals surface area contributed by atoms with Crippen LogP contribution in [0.3, 0.4) is 0 Å². The molecule has 2 aromatic carbocycles. The summed E-state index contributed by atoms with van der Waals surface area (Å²) >= 11 is 0. The molecule has 0 aliphatic carbocycles. The zero-order valence-electron chi connectivity index (χ0n) is 13.3. The molecule has 0 saturated heterocycles. The van der Waals surface area contributed by atoms with E-state index in [4.69, 9.17) is 0 Å². The molecule has 1 unspecified atom stereocenters. The minimum Gasteiger partial charge on any atom is -0.335 e. The first-order valence-electron chi connectivity index (χ1n) is 7.42. The molecule has 1 aromatic heterocycles. The Hall–Kier alpha value is -3.09. The lowest BCUT2D eigenvalue weighted by Crippen LogP contribution is -2.29. The Labute approximate surface area is 138 Å². The molecule has 0 fully saturated rings. The van der Waals surface area contributed by atoms with Crippen LogP contribution in [-0.4, -0.2) is 38.1 Å². The highest BCUT2D eigenvalue weighted by atomic mass is 19.1. The van der Waals surface area contributed by atoms with Crippen molar-refractivity contribution >= 4 is 5.91 Å². The van der Waals surface area contributed by atoms with Gasteiger partial charge in [0.05, 0.1) is 11.7 Å². The van der Waals surface area contributed by atoms with Crippen molar-refractivity contribution in [3.63, 3.8) is 0 Å². The Morgan fingerprint density at radius 1 is 1.21 bits per heavy atom. The number of tetrazole rings is 1. The summed E-state index contributed by atoms with van der Waals surface area (Å²) in [6, 6.07) is 13.0. The quantitative estimate of drug-likeness (QED) is 0.740.